The number of nitrogen functional groups attached to an aromatic ring is 1. The van der Waals surface area contributed by atoms with Crippen molar-refractivity contribution in [3.8, 4) is 5.75 Å². The average Bonchev–Trinajstić information content (AvgIpc) is 3.07. The van der Waals surface area contributed by atoms with Crippen molar-refractivity contribution in [1.29, 1.82) is 0 Å². The van der Waals surface area contributed by atoms with Crippen molar-refractivity contribution in [2.75, 3.05) is 18.9 Å². The van der Waals surface area contributed by atoms with Crippen LogP contribution in [0.2, 0.25) is 0 Å². The number of anilines is 1. The number of nitrogens with two attached hydrogens (primary N) is 1. The van der Waals surface area contributed by atoms with Gasteiger partial charge < -0.3 is 19.9 Å². The van der Waals surface area contributed by atoms with Crippen molar-refractivity contribution >= 4 is 24.9 Å². The Morgan fingerprint density at radius 3 is 2.80 bits per heavy atom. The first-order valence-electron chi connectivity index (χ1n) is 9.03. The average molecular weight is 439 g/mol. The van der Waals surface area contributed by atoms with Crippen LogP contribution in [0.3, 0.4) is 0 Å². The SMILES string of the molecule is Nc1nc2c(ncn2[C@@H]2C[C@H](CO)[C@H]2COP(=O)(O)Oc2ccc(F)cc2)c(=O)[nH]1. The summed E-state index contributed by atoms with van der Waals surface area (Å²) < 4.78 is 36.9. The second-order valence-electron chi connectivity index (χ2n) is 6.99. The molecule has 2 heterocycles. The fraction of sp³-hybridized carbons (Fsp3) is 0.353. The van der Waals surface area contributed by atoms with Crippen molar-refractivity contribution in [3.05, 3.63) is 46.8 Å². The summed E-state index contributed by atoms with van der Waals surface area (Å²) in [6, 6.07) is 4.30. The number of phosphoric ester groups is 1. The number of nitrogens with zero attached hydrogens (tertiary/aromatic N) is 3. The quantitative estimate of drug-likeness (QED) is 0.396. The summed E-state index contributed by atoms with van der Waals surface area (Å²) in [6.07, 6.45) is 1.96. The monoisotopic (exact) mass is 439 g/mol. The van der Waals surface area contributed by atoms with E-state index in [0.29, 0.717) is 6.42 Å². The molecule has 0 aliphatic heterocycles. The van der Waals surface area contributed by atoms with Crippen LogP contribution in [-0.4, -0.2) is 42.7 Å². The Morgan fingerprint density at radius 2 is 2.10 bits per heavy atom. The molecule has 4 atom stereocenters. The number of aliphatic hydroxyl groups excluding tert-OH is 1. The van der Waals surface area contributed by atoms with E-state index in [4.69, 9.17) is 14.8 Å². The minimum Gasteiger partial charge on any atom is -0.404 e. The minimum absolute atomic E-state index is 0.0226. The van der Waals surface area contributed by atoms with Gasteiger partial charge in [-0.25, -0.2) is 13.9 Å². The van der Waals surface area contributed by atoms with Crippen LogP contribution < -0.4 is 15.8 Å². The molecule has 0 saturated heterocycles. The van der Waals surface area contributed by atoms with Gasteiger partial charge in [0, 0.05) is 18.6 Å². The van der Waals surface area contributed by atoms with Gasteiger partial charge in [0.05, 0.1) is 12.9 Å². The lowest BCUT2D eigenvalue weighted by molar-refractivity contribution is -0.00476. The number of aromatic nitrogens is 4. The smallest absolute Gasteiger partial charge is 0.404 e. The van der Waals surface area contributed by atoms with Crippen LogP contribution in [0.15, 0.2) is 35.4 Å². The first kappa shape index (κ1) is 20.5. The molecular formula is C17H19FN5O6P. The van der Waals surface area contributed by atoms with Gasteiger partial charge >= 0.3 is 7.82 Å². The Hall–Kier alpha value is -2.79. The lowest BCUT2D eigenvalue weighted by Crippen LogP contribution is -2.43. The molecule has 2 aromatic heterocycles. The number of halogens is 1. The molecule has 1 fully saturated rings. The van der Waals surface area contributed by atoms with E-state index in [9.17, 15) is 23.7 Å². The highest BCUT2D eigenvalue weighted by molar-refractivity contribution is 7.47. The van der Waals surface area contributed by atoms with Gasteiger partial charge in [-0.3, -0.25) is 19.2 Å². The van der Waals surface area contributed by atoms with E-state index in [1.54, 1.807) is 4.57 Å². The van der Waals surface area contributed by atoms with Crippen molar-refractivity contribution in [3.63, 3.8) is 0 Å². The Kier molecular flexibility index (Phi) is 5.33. The number of fused-ring (bicyclic) bond motifs is 1. The number of aliphatic hydroxyl groups is 1. The van der Waals surface area contributed by atoms with E-state index in [-0.39, 0.29) is 54.0 Å². The highest BCUT2D eigenvalue weighted by Gasteiger charge is 2.44. The number of hydrogen-bond acceptors (Lipinski definition) is 8. The first-order chi connectivity index (χ1) is 14.3. The van der Waals surface area contributed by atoms with Crippen LogP contribution in [0.25, 0.3) is 11.2 Å². The summed E-state index contributed by atoms with van der Waals surface area (Å²) in [6.45, 7) is -0.356. The number of benzene rings is 1. The highest BCUT2D eigenvalue weighted by Crippen LogP contribution is 2.50. The number of imidazole rings is 1. The molecule has 11 nitrogen and oxygen atoms in total. The van der Waals surface area contributed by atoms with Crippen molar-refractivity contribution in [2.24, 2.45) is 11.8 Å². The van der Waals surface area contributed by atoms with E-state index in [2.05, 4.69) is 15.0 Å². The molecule has 1 unspecified atom stereocenters. The van der Waals surface area contributed by atoms with Gasteiger partial charge in [0.2, 0.25) is 5.95 Å². The molecule has 1 aliphatic carbocycles. The molecule has 1 aromatic carbocycles. The van der Waals surface area contributed by atoms with Crippen LogP contribution in [-0.2, 0) is 9.09 Å². The fourth-order valence-corrected chi connectivity index (χ4v) is 4.38. The molecule has 3 aromatic rings. The highest BCUT2D eigenvalue weighted by atomic mass is 31.2. The minimum atomic E-state index is -4.49. The van der Waals surface area contributed by atoms with Gasteiger partial charge in [-0.1, -0.05) is 0 Å². The Morgan fingerprint density at radius 1 is 1.37 bits per heavy atom. The summed E-state index contributed by atoms with van der Waals surface area (Å²) in [5, 5.41) is 9.59. The van der Waals surface area contributed by atoms with Crippen LogP contribution in [0, 0.1) is 17.7 Å². The van der Waals surface area contributed by atoms with Gasteiger partial charge in [-0.2, -0.15) is 4.98 Å². The number of rotatable bonds is 7. The summed E-state index contributed by atoms with van der Waals surface area (Å²) in [5.74, 6) is -1.16. The summed E-state index contributed by atoms with van der Waals surface area (Å²) >= 11 is 0. The number of H-pyrrole nitrogens is 1. The fourth-order valence-electron chi connectivity index (χ4n) is 3.58. The van der Waals surface area contributed by atoms with E-state index in [1.807, 2.05) is 0 Å². The lowest BCUT2D eigenvalue weighted by Gasteiger charge is -2.44. The number of phosphoric acid groups is 1. The summed E-state index contributed by atoms with van der Waals surface area (Å²) in [5.41, 5.74) is 5.53. The molecule has 0 spiro atoms. The standard InChI is InChI=1S/C17H19FN5O6P/c18-10-1-3-11(4-2-10)29-30(26,27)28-7-12-9(6-24)5-13(12)23-8-20-14-15(23)21-17(19)22-16(14)25/h1-4,8-9,12-13,24H,5-7H2,(H,26,27)(H3,19,21,22,25)/t9-,12-,13-/m1/s1. The zero-order valence-corrected chi connectivity index (χ0v) is 16.4. The van der Waals surface area contributed by atoms with Crippen molar-refractivity contribution < 1.29 is 28.0 Å². The topological polar surface area (TPSA) is 166 Å². The Labute approximate surface area is 168 Å². The number of nitrogens with one attached hydrogen (secondary N) is 1. The predicted molar refractivity (Wildman–Crippen MR) is 103 cm³/mol. The maximum atomic E-state index is 13.0. The van der Waals surface area contributed by atoms with Crippen molar-refractivity contribution in [2.45, 2.75) is 12.5 Å². The Bertz CT molecular complexity index is 1170. The zero-order valence-electron chi connectivity index (χ0n) is 15.5. The Balaban J connectivity index is 1.50. The molecule has 160 valence electrons. The summed E-state index contributed by atoms with van der Waals surface area (Å²) in [4.78, 5) is 32.5. The molecule has 30 heavy (non-hydrogen) atoms. The maximum absolute atomic E-state index is 13.0. The molecule has 13 heteroatoms. The predicted octanol–water partition coefficient (Wildman–Crippen LogP) is 1.21. The normalized spacial score (nSPS) is 23.1. The molecule has 0 amide bonds. The third-order valence-corrected chi connectivity index (χ3v) is 6.07. The third-order valence-electron chi connectivity index (χ3n) is 5.15. The van der Waals surface area contributed by atoms with Gasteiger partial charge in [-0.15, -0.1) is 0 Å². The van der Waals surface area contributed by atoms with E-state index < -0.39 is 19.2 Å². The lowest BCUT2D eigenvalue weighted by atomic mass is 9.70. The maximum Gasteiger partial charge on any atom is 0.527 e. The molecular weight excluding hydrogens is 420 g/mol. The number of aromatic amines is 1. The molecule has 0 radical (unpaired) electrons. The van der Waals surface area contributed by atoms with Crippen molar-refractivity contribution in [1.82, 2.24) is 19.5 Å². The molecule has 5 N–H and O–H groups in total. The second-order valence-corrected chi connectivity index (χ2v) is 8.37. The van der Waals surface area contributed by atoms with Crippen LogP contribution in [0.4, 0.5) is 10.3 Å². The molecule has 1 saturated carbocycles. The van der Waals surface area contributed by atoms with Gasteiger partial charge in [0.15, 0.2) is 11.2 Å². The second kappa shape index (κ2) is 7.80. The van der Waals surface area contributed by atoms with Gasteiger partial charge in [0.25, 0.3) is 5.56 Å². The largest absolute Gasteiger partial charge is 0.527 e. The first-order valence-corrected chi connectivity index (χ1v) is 10.5. The van der Waals surface area contributed by atoms with E-state index >= 15 is 0 Å². The number of hydrogen-bond donors (Lipinski definition) is 4. The van der Waals surface area contributed by atoms with Crippen LogP contribution >= 0.6 is 7.82 Å². The molecule has 1 aliphatic rings. The van der Waals surface area contributed by atoms with Crippen LogP contribution in [0.1, 0.15) is 12.5 Å². The molecule has 0 bridgehead atoms. The van der Waals surface area contributed by atoms with E-state index in [1.165, 1.54) is 18.5 Å². The van der Waals surface area contributed by atoms with Crippen LogP contribution in [0.5, 0.6) is 5.75 Å². The summed E-state index contributed by atoms with van der Waals surface area (Å²) in [7, 11) is -4.49. The molecule has 4 rings (SSSR count). The van der Waals surface area contributed by atoms with E-state index in [0.717, 1.165) is 12.1 Å². The third kappa shape index (κ3) is 3.94. The van der Waals surface area contributed by atoms with Gasteiger partial charge in [-0.05, 0) is 36.6 Å². The van der Waals surface area contributed by atoms with Gasteiger partial charge in [0.1, 0.15) is 11.6 Å². The zero-order chi connectivity index (χ0) is 21.5.